The third kappa shape index (κ3) is 6.65. The SMILES string of the molecule is O=C(NCCSCc1ccco1)C1CCN(S(=O)(=O)Cc2ccc(Cl)c(Cl)c2)CC1. The van der Waals surface area contributed by atoms with E-state index in [0.717, 1.165) is 17.3 Å². The van der Waals surface area contributed by atoms with Gasteiger partial charge in [0.2, 0.25) is 15.9 Å². The van der Waals surface area contributed by atoms with Gasteiger partial charge >= 0.3 is 0 Å². The van der Waals surface area contributed by atoms with E-state index < -0.39 is 10.0 Å². The summed E-state index contributed by atoms with van der Waals surface area (Å²) in [5.74, 6) is 2.20. The number of rotatable bonds is 9. The number of carbonyl (C=O) groups is 1. The van der Waals surface area contributed by atoms with Gasteiger partial charge in [-0.1, -0.05) is 29.3 Å². The van der Waals surface area contributed by atoms with Gasteiger partial charge in [0.15, 0.2) is 0 Å². The second-order valence-corrected chi connectivity index (χ2v) is 11.0. The Hall–Kier alpha value is -1.19. The van der Waals surface area contributed by atoms with Crippen molar-refractivity contribution in [1.82, 2.24) is 9.62 Å². The number of nitrogens with one attached hydrogen (secondary N) is 1. The minimum absolute atomic E-state index is 0.00451. The minimum atomic E-state index is -3.47. The molecule has 1 amide bonds. The molecule has 1 N–H and O–H groups in total. The van der Waals surface area contributed by atoms with Crippen LogP contribution in [-0.2, 0) is 26.3 Å². The van der Waals surface area contributed by atoms with Crippen molar-refractivity contribution in [3.63, 3.8) is 0 Å². The van der Waals surface area contributed by atoms with E-state index in [-0.39, 0.29) is 17.6 Å². The molecular weight excluding hydrogens is 467 g/mol. The third-order valence-electron chi connectivity index (χ3n) is 4.92. The molecule has 3 rings (SSSR count). The van der Waals surface area contributed by atoms with Gasteiger partial charge in [0.1, 0.15) is 5.76 Å². The van der Waals surface area contributed by atoms with Crippen molar-refractivity contribution in [2.45, 2.75) is 24.3 Å². The summed E-state index contributed by atoms with van der Waals surface area (Å²) in [6.07, 6.45) is 2.69. The van der Waals surface area contributed by atoms with Crippen molar-refractivity contribution in [2.75, 3.05) is 25.4 Å². The zero-order chi connectivity index (χ0) is 21.6. The molecule has 1 saturated heterocycles. The van der Waals surface area contributed by atoms with E-state index in [2.05, 4.69) is 5.32 Å². The number of hydrogen-bond donors (Lipinski definition) is 1. The summed E-state index contributed by atoms with van der Waals surface area (Å²) < 4.78 is 32.1. The van der Waals surface area contributed by atoms with Crippen molar-refractivity contribution in [2.24, 2.45) is 5.92 Å². The van der Waals surface area contributed by atoms with Gasteiger partial charge in [0.25, 0.3) is 0 Å². The summed E-state index contributed by atoms with van der Waals surface area (Å²) in [6, 6.07) is 8.61. The molecule has 0 atom stereocenters. The number of furan rings is 1. The van der Waals surface area contributed by atoms with E-state index >= 15 is 0 Å². The van der Waals surface area contributed by atoms with Gasteiger partial charge in [-0.05, 0) is 42.7 Å². The molecule has 0 saturated carbocycles. The highest BCUT2D eigenvalue weighted by molar-refractivity contribution is 7.98. The fraction of sp³-hybridized carbons (Fsp3) is 0.450. The first-order valence-corrected chi connectivity index (χ1v) is 13.2. The van der Waals surface area contributed by atoms with Gasteiger partial charge in [0, 0.05) is 31.3 Å². The molecule has 6 nitrogen and oxygen atoms in total. The number of hydrogen-bond acceptors (Lipinski definition) is 5. The Labute approximate surface area is 191 Å². The van der Waals surface area contributed by atoms with Crippen LogP contribution in [0.15, 0.2) is 41.0 Å². The van der Waals surface area contributed by atoms with Crippen LogP contribution in [0.2, 0.25) is 10.0 Å². The molecule has 1 aliphatic rings. The van der Waals surface area contributed by atoms with Gasteiger partial charge in [-0.25, -0.2) is 12.7 Å². The van der Waals surface area contributed by atoms with E-state index in [1.165, 1.54) is 4.31 Å². The molecule has 30 heavy (non-hydrogen) atoms. The Morgan fingerprint density at radius 2 is 1.97 bits per heavy atom. The van der Waals surface area contributed by atoms with Gasteiger partial charge < -0.3 is 9.73 Å². The molecule has 164 valence electrons. The van der Waals surface area contributed by atoms with Gasteiger partial charge in [0.05, 0.1) is 27.8 Å². The van der Waals surface area contributed by atoms with Crippen molar-refractivity contribution in [1.29, 1.82) is 0 Å². The first-order valence-electron chi connectivity index (χ1n) is 9.65. The number of amides is 1. The van der Waals surface area contributed by atoms with Crippen LogP contribution < -0.4 is 5.32 Å². The fourth-order valence-electron chi connectivity index (χ4n) is 3.29. The number of benzene rings is 1. The Kier molecular flexibility index (Phi) is 8.53. The lowest BCUT2D eigenvalue weighted by molar-refractivity contribution is -0.125. The Bertz CT molecular complexity index is 944. The molecule has 2 heterocycles. The molecule has 0 unspecified atom stereocenters. The van der Waals surface area contributed by atoms with Gasteiger partial charge in [-0.15, -0.1) is 0 Å². The molecule has 1 aliphatic heterocycles. The molecule has 0 radical (unpaired) electrons. The normalized spacial score (nSPS) is 15.9. The van der Waals surface area contributed by atoms with E-state index in [4.69, 9.17) is 27.6 Å². The monoisotopic (exact) mass is 490 g/mol. The lowest BCUT2D eigenvalue weighted by Gasteiger charge is -2.30. The molecule has 0 spiro atoms. The summed E-state index contributed by atoms with van der Waals surface area (Å²) in [4.78, 5) is 12.4. The number of nitrogens with zero attached hydrogens (tertiary/aromatic N) is 1. The largest absolute Gasteiger partial charge is 0.468 e. The van der Waals surface area contributed by atoms with Crippen molar-refractivity contribution >= 4 is 50.9 Å². The molecule has 0 bridgehead atoms. The van der Waals surface area contributed by atoms with Crippen LogP contribution in [0, 0.1) is 5.92 Å². The highest BCUT2D eigenvalue weighted by Gasteiger charge is 2.31. The predicted octanol–water partition coefficient (Wildman–Crippen LogP) is 4.18. The molecule has 1 fully saturated rings. The zero-order valence-corrected chi connectivity index (χ0v) is 19.5. The molecule has 1 aromatic heterocycles. The first-order chi connectivity index (χ1) is 14.3. The van der Waals surface area contributed by atoms with Gasteiger partial charge in [-0.3, -0.25) is 4.79 Å². The molecule has 10 heteroatoms. The zero-order valence-electron chi connectivity index (χ0n) is 16.4. The number of piperidine rings is 1. The van der Waals surface area contributed by atoms with Crippen LogP contribution in [0.25, 0.3) is 0 Å². The molecular formula is C20H24Cl2N2O4S2. The second-order valence-electron chi connectivity index (χ2n) is 7.10. The molecule has 0 aliphatic carbocycles. The second kappa shape index (κ2) is 10.9. The Morgan fingerprint density at radius 1 is 1.20 bits per heavy atom. The van der Waals surface area contributed by atoms with E-state index in [0.29, 0.717) is 48.1 Å². The summed E-state index contributed by atoms with van der Waals surface area (Å²) in [5, 5.41) is 3.68. The van der Waals surface area contributed by atoms with E-state index in [1.807, 2.05) is 12.1 Å². The maximum absolute atomic E-state index is 12.7. The predicted molar refractivity (Wildman–Crippen MR) is 121 cm³/mol. The summed E-state index contributed by atoms with van der Waals surface area (Å²) in [5.41, 5.74) is 0.594. The van der Waals surface area contributed by atoms with Crippen molar-refractivity contribution in [3.8, 4) is 0 Å². The standard InChI is InChI=1S/C20H24Cl2N2O4S2/c21-18-4-3-15(12-19(18)22)14-30(26,27)24-8-5-16(6-9-24)20(25)23-7-11-29-13-17-2-1-10-28-17/h1-4,10,12,16H,5-9,11,13-14H2,(H,23,25). The smallest absolute Gasteiger partial charge is 0.223 e. The Balaban J connectivity index is 1.39. The van der Waals surface area contributed by atoms with Crippen LogP contribution >= 0.6 is 35.0 Å². The Morgan fingerprint density at radius 3 is 2.63 bits per heavy atom. The van der Waals surface area contributed by atoms with Crippen LogP contribution in [0.4, 0.5) is 0 Å². The number of sulfonamides is 1. The minimum Gasteiger partial charge on any atom is -0.468 e. The van der Waals surface area contributed by atoms with Crippen LogP contribution in [0.1, 0.15) is 24.2 Å². The summed E-state index contributed by atoms with van der Waals surface area (Å²) in [7, 11) is -3.47. The summed E-state index contributed by atoms with van der Waals surface area (Å²) in [6.45, 7) is 1.27. The van der Waals surface area contributed by atoms with Crippen LogP contribution in [-0.4, -0.2) is 44.0 Å². The molecule has 1 aromatic carbocycles. The average molecular weight is 491 g/mol. The average Bonchev–Trinajstić information content (AvgIpc) is 3.24. The van der Waals surface area contributed by atoms with Gasteiger partial charge in [-0.2, -0.15) is 11.8 Å². The van der Waals surface area contributed by atoms with Crippen LogP contribution in [0.3, 0.4) is 0 Å². The van der Waals surface area contributed by atoms with E-state index in [1.54, 1.807) is 36.2 Å². The van der Waals surface area contributed by atoms with Crippen LogP contribution in [0.5, 0.6) is 0 Å². The van der Waals surface area contributed by atoms with Crippen molar-refractivity contribution in [3.05, 3.63) is 58.0 Å². The highest BCUT2D eigenvalue weighted by Crippen LogP contribution is 2.26. The topological polar surface area (TPSA) is 79.6 Å². The highest BCUT2D eigenvalue weighted by atomic mass is 35.5. The maximum atomic E-state index is 12.7. The number of halogens is 2. The van der Waals surface area contributed by atoms with Crippen molar-refractivity contribution < 1.29 is 17.6 Å². The quantitative estimate of drug-likeness (QED) is 0.533. The third-order valence-corrected chi connectivity index (χ3v) is 8.49. The lowest BCUT2D eigenvalue weighted by Crippen LogP contribution is -2.43. The first kappa shape index (κ1) is 23.5. The lowest BCUT2D eigenvalue weighted by atomic mass is 9.97. The fourth-order valence-corrected chi connectivity index (χ4v) is 5.91. The van der Waals surface area contributed by atoms with E-state index in [9.17, 15) is 13.2 Å². The number of thioether (sulfide) groups is 1. The maximum Gasteiger partial charge on any atom is 0.223 e. The molecule has 2 aromatic rings. The summed E-state index contributed by atoms with van der Waals surface area (Å²) >= 11 is 13.6. The number of carbonyl (C=O) groups excluding carboxylic acids is 1.